The molecule has 3 aliphatic rings. The SMILES string of the molecule is C[C@@H]1C=CCCc2ccccc2C(=O)O[C@@H]2C[C@@H](CC1)O[C@@](O)([C@@H]1CSC(=O)N1)C2. The van der Waals surface area contributed by atoms with Gasteiger partial charge in [-0.1, -0.05) is 49.0 Å². The molecule has 3 aliphatic heterocycles. The Balaban J connectivity index is 1.60. The van der Waals surface area contributed by atoms with Crippen molar-refractivity contribution >= 4 is 23.0 Å². The second kappa shape index (κ2) is 9.12. The van der Waals surface area contributed by atoms with Crippen LogP contribution in [0.3, 0.4) is 0 Å². The second-order valence-electron chi connectivity index (χ2n) is 8.53. The molecule has 0 aromatic heterocycles. The minimum absolute atomic E-state index is 0.151. The number of fused-ring (bicyclic) bond motifs is 3. The van der Waals surface area contributed by atoms with Crippen LogP contribution in [-0.2, 0) is 15.9 Å². The first-order valence-electron chi connectivity index (χ1n) is 10.7. The van der Waals surface area contributed by atoms with Crippen molar-refractivity contribution in [2.24, 2.45) is 5.92 Å². The average molecular weight is 432 g/mol. The highest BCUT2D eigenvalue weighted by Crippen LogP contribution is 2.37. The van der Waals surface area contributed by atoms with Gasteiger partial charge >= 0.3 is 5.97 Å². The zero-order chi connectivity index (χ0) is 21.1. The van der Waals surface area contributed by atoms with Crippen LogP contribution in [0.15, 0.2) is 36.4 Å². The zero-order valence-corrected chi connectivity index (χ0v) is 18.0. The van der Waals surface area contributed by atoms with Gasteiger partial charge in [-0.15, -0.1) is 0 Å². The highest BCUT2D eigenvalue weighted by atomic mass is 32.2. The van der Waals surface area contributed by atoms with Crippen LogP contribution in [0.5, 0.6) is 0 Å². The largest absolute Gasteiger partial charge is 0.458 e. The molecule has 1 aromatic rings. The first kappa shape index (κ1) is 21.4. The van der Waals surface area contributed by atoms with Crippen LogP contribution in [0.2, 0.25) is 0 Å². The predicted molar refractivity (Wildman–Crippen MR) is 115 cm³/mol. The lowest BCUT2D eigenvalue weighted by atomic mass is 9.90. The number of nitrogens with one attached hydrogen (secondary N) is 1. The van der Waals surface area contributed by atoms with Gasteiger partial charge in [-0.2, -0.15) is 0 Å². The van der Waals surface area contributed by atoms with E-state index in [2.05, 4.69) is 24.4 Å². The highest BCUT2D eigenvalue weighted by molar-refractivity contribution is 8.14. The van der Waals surface area contributed by atoms with Gasteiger partial charge in [0.05, 0.1) is 17.7 Å². The summed E-state index contributed by atoms with van der Waals surface area (Å²) < 4.78 is 12.0. The number of carbonyl (C=O) groups excluding carboxylic acids is 2. The molecule has 6 nitrogen and oxygen atoms in total. The van der Waals surface area contributed by atoms with Gasteiger partial charge in [-0.05, 0) is 43.2 Å². The van der Waals surface area contributed by atoms with E-state index < -0.39 is 17.9 Å². The topological polar surface area (TPSA) is 84.9 Å². The number of aryl methyl sites for hydroxylation is 1. The molecule has 0 radical (unpaired) electrons. The maximum Gasteiger partial charge on any atom is 0.338 e. The third kappa shape index (κ3) is 4.90. The van der Waals surface area contributed by atoms with E-state index in [1.807, 2.05) is 18.2 Å². The summed E-state index contributed by atoms with van der Waals surface area (Å²) in [5.74, 6) is -1.07. The number of ether oxygens (including phenoxy) is 2. The molecule has 5 atom stereocenters. The molecule has 2 saturated heterocycles. The molecule has 0 unspecified atom stereocenters. The molecule has 7 heteroatoms. The lowest BCUT2D eigenvalue weighted by Gasteiger charge is -2.43. The number of aliphatic hydroxyl groups is 1. The number of hydrogen-bond acceptors (Lipinski definition) is 6. The molecule has 162 valence electrons. The number of benzene rings is 1. The van der Waals surface area contributed by atoms with Crippen LogP contribution in [0.4, 0.5) is 4.79 Å². The summed E-state index contributed by atoms with van der Waals surface area (Å²) in [5.41, 5.74) is 1.54. The Morgan fingerprint density at radius 1 is 1.20 bits per heavy atom. The summed E-state index contributed by atoms with van der Waals surface area (Å²) in [7, 11) is 0. The minimum atomic E-state index is -1.54. The van der Waals surface area contributed by atoms with Crippen molar-refractivity contribution in [3.63, 3.8) is 0 Å². The second-order valence-corrected chi connectivity index (χ2v) is 9.52. The van der Waals surface area contributed by atoms with Crippen molar-refractivity contribution in [3.05, 3.63) is 47.5 Å². The zero-order valence-electron chi connectivity index (χ0n) is 17.2. The van der Waals surface area contributed by atoms with E-state index >= 15 is 0 Å². The molecule has 0 aliphatic carbocycles. The Bertz CT molecular complexity index is 828. The van der Waals surface area contributed by atoms with Gasteiger partial charge in [0.15, 0.2) is 5.79 Å². The van der Waals surface area contributed by atoms with Crippen molar-refractivity contribution in [1.29, 1.82) is 0 Å². The molecule has 2 fully saturated rings. The molecular formula is C23H29NO5S. The first-order chi connectivity index (χ1) is 14.4. The molecule has 2 N–H and O–H groups in total. The maximum absolute atomic E-state index is 13.0. The number of amides is 1. The highest BCUT2D eigenvalue weighted by Gasteiger charge is 2.49. The van der Waals surface area contributed by atoms with Crippen molar-refractivity contribution in [3.8, 4) is 0 Å². The molecule has 0 spiro atoms. The molecule has 3 heterocycles. The molecule has 1 amide bonds. The number of allylic oxidation sites excluding steroid dienone is 2. The van der Waals surface area contributed by atoms with E-state index in [9.17, 15) is 14.7 Å². The van der Waals surface area contributed by atoms with Crippen LogP contribution >= 0.6 is 11.8 Å². The molecular weight excluding hydrogens is 402 g/mol. The van der Waals surface area contributed by atoms with Crippen molar-refractivity contribution in [1.82, 2.24) is 5.32 Å². The Morgan fingerprint density at radius 3 is 2.83 bits per heavy atom. The molecule has 1 aromatic carbocycles. The van der Waals surface area contributed by atoms with Crippen molar-refractivity contribution < 1.29 is 24.2 Å². The Labute approximate surface area is 181 Å². The van der Waals surface area contributed by atoms with E-state index in [0.29, 0.717) is 23.7 Å². The van der Waals surface area contributed by atoms with Crippen LogP contribution < -0.4 is 5.32 Å². The summed E-state index contributed by atoms with van der Waals surface area (Å²) in [4.78, 5) is 24.7. The van der Waals surface area contributed by atoms with Gasteiger partial charge in [-0.25, -0.2) is 4.79 Å². The maximum atomic E-state index is 13.0. The van der Waals surface area contributed by atoms with Crippen molar-refractivity contribution in [2.75, 3.05) is 5.75 Å². The van der Waals surface area contributed by atoms with Gasteiger partial charge < -0.3 is 19.9 Å². The molecule has 30 heavy (non-hydrogen) atoms. The summed E-state index contributed by atoms with van der Waals surface area (Å²) >= 11 is 1.14. The normalized spacial score (nSPS) is 35.1. The van der Waals surface area contributed by atoms with Crippen molar-refractivity contribution in [2.45, 2.75) is 69.5 Å². The third-order valence-corrected chi connectivity index (χ3v) is 7.01. The standard InChI is InChI=1S/C23H29NO5S/c1-15-6-2-3-7-16-8-4-5-9-19(16)21(25)28-18-12-17(11-10-15)29-23(27,13-18)20-14-30-22(26)24-20/h2,4-6,8-9,15,17-18,20,27H,3,7,10-14H2,1H3,(H,24,26)/t15-,17-,18-,20+,23-/m1/s1. The first-order valence-corrected chi connectivity index (χ1v) is 11.7. The van der Waals surface area contributed by atoms with E-state index in [1.165, 1.54) is 0 Å². The Hall–Kier alpha value is -1.83. The smallest absolute Gasteiger partial charge is 0.338 e. The number of carbonyl (C=O) groups is 2. The van der Waals surface area contributed by atoms with E-state index in [0.717, 1.165) is 43.0 Å². The number of hydrogen-bond donors (Lipinski definition) is 2. The fourth-order valence-electron chi connectivity index (χ4n) is 4.47. The van der Waals surface area contributed by atoms with Crippen LogP contribution in [0.1, 0.15) is 54.9 Å². The lowest BCUT2D eigenvalue weighted by molar-refractivity contribution is -0.282. The summed E-state index contributed by atoms with van der Waals surface area (Å²) in [6, 6.07) is 7.03. The van der Waals surface area contributed by atoms with E-state index in [4.69, 9.17) is 9.47 Å². The van der Waals surface area contributed by atoms with Crippen LogP contribution in [0, 0.1) is 5.92 Å². The third-order valence-electron chi connectivity index (χ3n) is 6.13. The Kier molecular flexibility index (Phi) is 6.51. The molecule has 4 rings (SSSR count). The van der Waals surface area contributed by atoms with Crippen LogP contribution in [0.25, 0.3) is 0 Å². The van der Waals surface area contributed by atoms with E-state index in [1.54, 1.807) is 6.07 Å². The Morgan fingerprint density at radius 2 is 2.03 bits per heavy atom. The van der Waals surface area contributed by atoms with Gasteiger partial charge in [0.2, 0.25) is 0 Å². The van der Waals surface area contributed by atoms with Crippen LogP contribution in [-0.4, -0.2) is 46.1 Å². The summed E-state index contributed by atoms with van der Waals surface area (Å²) in [6.45, 7) is 2.18. The number of thioether (sulfide) groups is 1. The summed E-state index contributed by atoms with van der Waals surface area (Å²) in [5, 5.41) is 13.9. The minimum Gasteiger partial charge on any atom is -0.458 e. The molecule has 2 bridgehead atoms. The summed E-state index contributed by atoms with van der Waals surface area (Å²) in [6.07, 6.45) is 7.70. The van der Waals surface area contributed by atoms with E-state index in [-0.39, 0.29) is 23.7 Å². The van der Waals surface area contributed by atoms with Gasteiger partial charge in [-0.3, -0.25) is 4.79 Å². The monoisotopic (exact) mass is 431 g/mol. The van der Waals surface area contributed by atoms with Gasteiger partial charge in [0, 0.05) is 18.6 Å². The quantitative estimate of drug-likeness (QED) is 0.519. The van der Waals surface area contributed by atoms with Gasteiger partial charge in [0.1, 0.15) is 6.10 Å². The number of rotatable bonds is 1. The average Bonchev–Trinajstić information content (AvgIpc) is 3.16. The lowest BCUT2D eigenvalue weighted by Crippen LogP contribution is -2.58. The molecule has 0 saturated carbocycles. The number of esters is 1. The fourth-order valence-corrected chi connectivity index (χ4v) is 5.36. The predicted octanol–water partition coefficient (Wildman–Crippen LogP) is 3.82. The fraction of sp³-hybridized carbons (Fsp3) is 0.565. The van der Waals surface area contributed by atoms with Gasteiger partial charge in [0.25, 0.3) is 5.24 Å².